The molecule has 10 heteroatoms. The number of amides is 1. The van der Waals surface area contributed by atoms with E-state index >= 15 is 4.39 Å². The lowest BCUT2D eigenvalue weighted by molar-refractivity contribution is -0.139. The van der Waals surface area contributed by atoms with E-state index in [1.807, 2.05) is 0 Å². The van der Waals surface area contributed by atoms with Gasteiger partial charge in [-0.15, -0.1) is 0 Å². The number of ether oxygens (including phenoxy) is 1. The molecule has 1 aromatic carbocycles. The van der Waals surface area contributed by atoms with Gasteiger partial charge in [-0.2, -0.15) is 13.2 Å². The molecule has 200 valence electrons. The Labute approximate surface area is 212 Å². The summed E-state index contributed by atoms with van der Waals surface area (Å²) in [6.07, 6.45) is 3.42. The van der Waals surface area contributed by atoms with Crippen LogP contribution in [-0.4, -0.2) is 28.0 Å². The van der Waals surface area contributed by atoms with E-state index < -0.39 is 40.7 Å². The van der Waals surface area contributed by atoms with Crippen molar-refractivity contribution in [2.75, 3.05) is 4.90 Å². The lowest BCUT2D eigenvalue weighted by Crippen LogP contribution is -2.46. The molecule has 4 rings (SSSR count). The first-order valence-corrected chi connectivity index (χ1v) is 12.7. The Balaban J connectivity index is 1.75. The van der Waals surface area contributed by atoms with Gasteiger partial charge < -0.3 is 14.7 Å². The van der Waals surface area contributed by atoms with Gasteiger partial charge in [0.25, 0.3) is 0 Å². The first kappa shape index (κ1) is 26.9. The van der Waals surface area contributed by atoms with Gasteiger partial charge in [0.05, 0.1) is 11.3 Å². The zero-order valence-electron chi connectivity index (χ0n) is 20.6. The number of carboxylic acids is 1. The highest BCUT2D eigenvalue weighted by Gasteiger charge is 2.38. The summed E-state index contributed by atoms with van der Waals surface area (Å²) < 4.78 is 60.6. The number of hydrogen-bond donors (Lipinski definition) is 1. The molecule has 0 radical (unpaired) electrons. The summed E-state index contributed by atoms with van der Waals surface area (Å²) in [4.78, 5) is 31.1. The van der Waals surface area contributed by atoms with E-state index in [9.17, 15) is 27.9 Å². The maximum Gasteiger partial charge on any atom is 0.421 e. The maximum atomic E-state index is 15.3. The largest absolute Gasteiger partial charge is 0.478 e. The predicted octanol–water partition coefficient (Wildman–Crippen LogP) is 7.22. The molecule has 2 fully saturated rings. The van der Waals surface area contributed by atoms with Crippen LogP contribution >= 0.6 is 0 Å². The van der Waals surface area contributed by atoms with Gasteiger partial charge >= 0.3 is 12.1 Å². The fraction of sp³-hybridized carbons (Fsp3) is 0.519. The second-order valence-corrected chi connectivity index (χ2v) is 10.0. The normalized spacial score (nSPS) is 20.9. The molecule has 0 saturated heterocycles. The molecular formula is C27H30F4N2O4. The molecule has 0 spiro atoms. The fourth-order valence-electron chi connectivity index (χ4n) is 5.32. The Morgan fingerprint density at radius 1 is 1.05 bits per heavy atom. The average Bonchev–Trinajstić information content (AvgIpc) is 2.86. The number of halogens is 4. The van der Waals surface area contributed by atoms with Crippen molar-refractivity contribution in [3.05, 3.63) is 47.4 Å². The number of aromatic nitrogens is 1. The Hall–Kier alpha value is -3.17. The van der Waals surface area contributed by atoms with E-state index in [0.717, 1.165) is 62.6 Å². The molecule has 1 aromatic heterocycles. The van der Waals surface area contributed by atoms with E-state index in [4.69, 9.17) is 4.74 Å². The molecule has 6 nitrogen and oxygen atoms in total. The number of benzene rings is 1. The highest BCUT2D eigenvalue weighted by atomic mass is 19.4. The first-order chi connectivity index (χ1) is 17.6. The van der Waals surface area contributed by atoms with Gasteiger partial charge in [0.15, 0.2) is 11.6 Å². The number of alkyl halides is 3. The minimum absolute atomic E-state index is 0.0927. The maximum absolute atomic E-state index is 15.3. The predicted molar refractivity (Wildman–Crippen MR) is 128 cm³/mol. The molecule has 1 N–H and O–H groups in total. The van der Waals surface area contributed by atoms with Gasteiger partial charge in [-0.25, -0.2) is 14.2 Å². The summed E-state index contributed by atoms with van der Waals surface area (Å²) in [5.41, 5.74) is -1.73. The van der Waals surface area contributed by atoms with Crippen molar-refractivity contribution < 1.29 is 37.0 Å². The molecular weight excluding hydrogens is 492 g/mol. The van der Waals surface area contributed by atoms with Crippen molar-refractivity contribution in [3.63, 3.8) is 0 Å². The van der Waals surface area contributed by atoms with Gasteiger partial charge in [-0.1, -0.05) is 26.2 Å². The number of carboxylic acid groups (broad SMARTS) is 1. The second-order valence-electron chi connectivity index (χ2n) is 10.0. The van der Waals surface area contributed by atoms with E-state index in [0.29, 0.717) is 31.6 Å². The van der Waals surface area contributed by atoms with E-state index in [1.165, 1.54) is 4.90 Å². The fourth-order valence-corrected chi connectivity index (χ4v) is 5.32. The smallest absolute Gasteiger partial charge is 0.421 e. The molecule has 0 aliphatic heterocycles. The summed E-state index contributed by atoms with van der Waals surface area (Å²) in [6.45, 7) is 2.13. The van der Waals surface area contributed by atoms with Gasteiger partial charge in [-0.3, -0.25) is 4.79 Å². The summed E-state index contributed by atoms with van der Waals surface area (Å²) in [6, 6.07) is 3.26. The SMILES string of the molecule is C[C@H]1CC[C@H](C(=O)N(c2cc(F)c(Oc3ncccc3C(F)(F)F)cc2C(=O)O)C2CCCCC2)CC1. The molecule has 1 amide bonds. The van der Waals surface area contributed by atoms with Crippen molar-refractivity contribution in [2.45, 2.75) is 76.9 Å². The van der Waals surface area contributed by atoms with Gasteiger partial charge in [-0.05, 0) is 56.6 Å². The first-order valence-electron chi connectivity index (χ1n) is 12.7. The van der Waals surface area contributed by atoms with Gasteiger partial charge in [0, 0.05) is 30.3 Å². The minimum Gasteiger partial charge on any atom is -0.478 e. The number of hydrogen-bond acceptors (Lipinski definition) is 4. The number of aromatic carboxylic acids is 1. The molecule has 0 unspecified atom stereocenters. The molecule has 2 aromatic rings. The number of carbonyl (C=O) groups is 2. The summed E-state index contributed by atoms with van der Waals surface area (Å²) in [7, 11) is 0. The molecule has 2 aliphatic rings. The Kier molecular flexibility index (Phi) is 8.04. The van der Waals surface area contributed by atoms with Crippen LogP contribution in [0.15, 0.2) is 30.5 Å². The monoisotopic (exact) mass is 522 g/mol. The van der Waals surface area contributed by atoms with Crippen LogP contribution < -0.4 is 9.64 Å². The van der Waals surface area contributed by atoms with Crippen molar-refractivity contribution in [2.24, 2.45) is 11.8 Å². The van der Waals surface area contributed by atoms with Crippen LogP contribution in [0.25, 0.3) is 0 Å². The third kappa shape index (κ3) is 6.05. The highest BCUT2D eigenvalue weighted by Crippen LogP contribution is 2.40. The Morgan fingerprint density at radius 2 is 1.73 bits per heavy atom. The summed E-state index contributed by atoms with van der Waals surface area (Å²) >= 11 is 0. The Morgan fingerprint density at radius 3 is 2.35 bits per heavy atom. The van der Waals surface area contributed by atoms with Crippen LogP contribution in [0.3, 0.4) is 0 Å². The van der Waals surface area contributed by atoms with Crippen LogP contribution in [0, 0.1) is 17.7 Å². The van der Waals surface area contributed by atoms with Crippen LogP contribution in [0.2, 0.25) is 0 Å². The molecule has 37 heavy (non-hydrogen) atoms. The quantitative estimate of drug-likeness (QED) is 0.405. The van der Waals surface area contributed by atoms with E-state index in [2.05, 4.69) is 11.9 Å². The van der Waals surface area contributed by atoms with E-state index in [-0.39, 0.29) is 23.6 Å². The molecule has 0 bridgehead atoms. The molecule has 2 aliphatic carbocycles. The third-order valence-electron chi connectivity index (χ3n) is 7.37. The van der Waals surface area contributed by atoms with E-state index in [1.54, 1.807) is 0 Å². The zero-order valence-corrected chi connectivity index (χ0v) is 20.6. The van der Waals surface area contributed by atoms with Crippen LogP contribution in [0.4, 0.5) is 23.2 Å². The topological polar surface area (TPSA) is 79.7 Å². The summed E-state index contributed by atoms with van der Waals surface area (Å²) in [5, 5.41) is 9.99. The average molecular weight is 523 g/mol. The van der Waals surface area contributed by atoms with Crippen molar-refractivity contribution in [3.8, 4) is 11.6 Å². The molecule has 1 heterocycles. The van der Waals surface area contributed by atoms with Gasteiger partial charge in [0.2, 0.25) is 11.8 Å². The number of pyridine rings is 1. The summed E-state index contributed by atoms with van der Waals surface area (Å²) in [5.74, 6) is -4.14. The lowest BCUT2D eigenvalue weighted by atomic mass is 9.81. The zero-order chi connectivity index (χ0) is 26.7. The minimum atomic E-state index is -4.81. The highest BCUT2D eigenvalue weighted by molar-refractivity contribution is 6.03. The van der Waals surface area contributed by atoms with Crippen LogP contribution in [0.1, 0.15) is 80.6 Å². The van der Waals surface area contributed by atoms with Gasteiger partial charge in [0.1, 0.15) is 5.56 Å². The number of carbonyl (C=O) groups excluding carboxylic acids is 1. The molecule has 0 atom stereocenters. The number of rotatable bonds is 6. The third-order valence-corrected chi connectivity index (χ3v) is 7.37. The number of anilines is 1. The number of nitrogens with zero attached hydrogens (tertiary/aromatic N) is 2. The van der Waals surface area contributed by atoms with Crippen molar-refractivity contribution in [1.29, 1.82) is 0 Å². The van der Waals surface area contributed by atoms with Crippen molar-refractivity contribution in [1.82, 2.24) is 4.98 Å². The Bertz CT molecular complexity index is 1140. The lowest BCUT2D eigenvalue weighted by Gasteiger charge is -2.38. The molecule has 2 saturated carbocycles. The standard InChI is InChI=1S/C27H30F4N2O4/c1-16-9-11-17(12-10-16)25(34)33(18-6-3-2-4-7-18)22-15-21(28)23(14-19(22)26(35)36)37-24-20(27(29,30)31)8-5-13-32-24/h5,8,13-18H,2-4,6-7,9-12H2,1H3,(H,35,36)/t16-,17-. The second kappa shape index (κ2) is 11.1. The van der Waals surface area contributed by atoms with Crippen LogP contribution in [-0.2, 0) is 11.0 Å². The van der Waals surface area contributed by atoms with Crippen LogP contribution in [0.5, 0.6) is 11.6 Å². The van der Waals surface area contributed by atoms with Crippen molar-refractivity contribution >= 4 is 17.6 Å².